The number of urea groups is 1. The third kappa shape index (κ3) is 4.53. The number of aromatic nitrogens is 2. The van der Waals surface area contributed by atoms with E-state index in [4.69, 9.17) is 4.52 Å². The summed E-state index contributed by atoms with van der Waals surface area (Å²) in [5.74, 6) is 1.75. The van der Waals surface area contributed by atoms with Crippen LogP contribution in [0.15, 0.2) is 4.52 Å². The summed E-state index contributed by atoms with van der Waals surface area (Å²) in [7, 11) is -3.13. The standard InChI is InChI=1S/C16H27N5O4S/c1-11(2)17-16(22)20-9-12(10-20)8-14-18-15(19-25-14)13-4-6-21(7-5-13)26(3,23)24/h11-13H,4-10H2,1-3H3,(H,17,22). The van der Waals surface area contributed by atoms with Crippen molar-refractivity contribution in [3.8, 4) is 0 Å². The number of likely N-dealkylation sites (tertiary alicyclic amines) is 1. The molecule has 0 saturated carbocycles. The number of amides is 2. The molecular formula is C16H27N5O4S. The second-order valence-electron chi connectivity index (χ2n) is 7.56. The lowest BCUT2D eigenvalue weighted by Gasteiger charge is -2.38. The van der Waals surface area contributed by atoms with E-state index in [9.17, 15) is 13.2 Å². The van der Waals surface area contributed by atoms with Gasteiger partial charge in [-0.3, -0.25) is 0 Å². The van der Waals surface area contributed by atoms with E-state index in [1.54, 1.807) is 4.90 Å². The fourth-order valence-electron chi connectivity index (χ4n) is 3.41. The van der Waals surface area contributed by atoms with Gasteiger partial charge in [-0.2, -0.15) is 4.98 Å². The van der Waals surface area contributed by atoms with E-state index in [2.05, 4.69) is 15.5 Å². The average Bonchev–Trinajstić information content (AvgIpc) is 2.97. The van der Waals surface area contributed by atoms with Crippen LogP contribution in [0.1, 0.15) is 44.3 Å². The first-order valence-electron chi connectivity index (χ1n) is 9.05. The van der Waals surface area contributed by atoms with Crippen LogP contribution in [-0.4, -0.2) is 72.3 Å². The molecule has 0 radical (unpaired) electrons. The zero-order chi connectivity index (χ0) is 18.9. The highest BCUT2D eigenvalue weighted by molar-refractivity contribution is 7.88. The fraction of sp³-hybridized carbons (Fsp3) is 0.812. The van der Waals surface area contributed by atoms with Crippen LogP contribution >= 0.6 is 0 Å². The summed E-state index contributed by atoms with van der Waals surface area (Å²) in [6.07, 6.45) is 3.32. The number of hydrogen-bond donors (Lipinski definition) is 1. The van der Waals surface area contributed by atoms with E-state index in [1.807, 2.05) is 13.8 Å². The molecule has 146 valence electrons. The Balaban J connectivity index is 1.46. The van der Waals surface area contributed by atoms with Gasteiger partial charge in [0.15, 0.2) is 5.82 Å². The highest BCUT2D eigenvalue weighted by atomic mass is 32.2. The van der Waals surface area contributed by atoms with Crippen LogP contribution in [0.3, 0.4) is 0 Å². The van der Waals surface area contributed by atoms with Crippen LogP contribution in [0.5, 0.6) is 0 Å². The zero-order valence-electron chi connectivity index (χ0n) is 15.5. The smallest absolute Gasteiger partial charge is 0.317 e. The molecule has 0 spiro atoms. The quantitative estimate of drug-likeness (QED) is 0.803. The summed E-state index contributed by atoms with van der Waals surface area (Å²) < 4.78 is 30.0. The number of piperidine rings is 1. The summed E-state index contributed by atoms with van der Waals surface area (Å²) in [4.78, 5) is 18.1. The van der Waals surface area contributed by atoms with Crippen molar-refractivity contribution < 1.29 is 17.7 Å². The van der Waals surface area contributed by atoms with E-state index in [0.29, 0.717) is 63.1 Å². The van der Waals surface area contributed by atoms with Crippen molar-refractivity contribution in [2.75, 3.05) is 32.4 Å². The molecule has 2 amide bonds. The van der Waals surface area contributed by atoms with Crippen LogP contribution in [0.4, 0.5) is 4.79 Å². The normalized spacial score (nSPS) is 20.4. The van der Waals surface area contributed by atoms with Gasteiger partial charge in [0.2, 0.25) is 15.9 Å². The molecule has 0 aromatic carbocycles. The molecule has 1 aromatic heterocycles. The predicted molar refractivity (Wildman–Crippen MR) is 95.1 cm³/mol. The molecule has 3 rings (SSSR count). The van der Waals surface area contributed by atoms with Crippen molar-refractivity contribution >= 4 is 16.1 Å². The Labute approximate surface area is 154 Å². The van der Waals surface area contributed by atoms with Crippen LogP contribution in [0, 0.1) is 5.92 Å². The third-order valence-electron chi connectivity index (χ3n) is 4.89. The van der Waals surface area contributed by atoms with E-state index >= 15 is 0 Å². The van der Waals surface area contributed by atoms with Crippen molar-refractivity contribution in [2.45, 2.75) is 45.1 Å². The van der Waals surface area contributed by atoms with Crippen LogP contribution in [0.2, 0.25) is 0 Å². The van der Waals surface area contributed by atoms with Crippen LogP contribution in [-0.2, 0) is 16.4 Å². The molecule has 0 aliphatic carbocycles. The van der Waals surface area contributed by atoms with E-state index in [-0.39, 0.29) is 18.0 Å². The van der Waals surface area contributed by atoms with Gasteiger partial charge in [0.1, 0.15) is 0 Å². The molecular weight excluding hydrogens is 358 g/mol. The average molecular weight is 385 g/mol. The molecule has 1 aromatic rings. The van der Waals surface area contributed by atoms with Gasteiger partial charge in [-0.05, 0) is 26.7 Å². The van der Waals surface area contributed by atoms with Crippen molar-refractivity contribution in [3.63, 3.8) is 0 Å². The maximum Gasteiger partial charge on any atom is 0.317 e. The first-order chi connectivity index (χ1) is 12.2. The molecule has 2 fully saturated rings. The summed E-state index contributed by atoms with van der Waals surface area (Å²) in [6.45, 7) is 6.27. The number of nitrogens with zero attached hydrogens (tertiary/aromatic N) is 4. The molecule has 2 saturated heterocycles. The molecule has 9 nitrogen and oxygen atoms in total. The topological polar surface area (TPSA) is 109 Å². The molecule has 0 atom stereocenters. The lowest BCUT2D eigenvalue weighted by atomic mass is 9.96. The minimum atomic E-state index is -3.13. The van der Waals surface area contributed by atoms with Crippen LogP contribution < -0.4 is 5.32 Å². The molecule has 0 unspecified atom stereocenters. The fourth-order valence-corrected chi connectivity index (χ4v) is 4.29. The Morgan fingerprint density at radius 2 is 1.96 bits per heavy atom. The largest absolute Gasteiger partial charge is 0.339 e. The number of carbonyl (C=O) groups is 1. The number of rotatable bonds is 5. The summed E-state index contributed by atoms with van der Waals surface area (Å²) in [6, 6.07) is 0.106. The first kappa shape index (κ1) is 19.1. The summed E-state index contributed by atoms with van der Waals surface area (Å²) in [5.41, 5.74) is 0. The maximum atomic E-state index is 11.9. The molecule has 0 bridgehead atoms. The number of carbonyl (C=O) groups excluding carboxylic acids is 1. The highest BCUT2D eigenvalue weighted by Gasteiger charge is 2.33. The second kappa shape index (κ2) is 7.51. The van der Waals surface area contributed by atoms with Crippen molar-refractivity contribution in [2.24, 2.45) is 5.92 Å². The molecule has 1 N–H and O–H groups in total. The van der Waals surface area contributed by atoms with Crippen molar-refractivity contribution in [3.05, 3.63) is 11.7 Å². The first-order valence-corrected chi connectivity index (χ1v) is 10.9. The highest BCUT2D eigenvalue weighted by Crippen LogP contribution is 2.28. The minimum absolute atomic E-state index is 0.0277. The Kier molecular flexibility index (Phi) is 5.52. The Morgan fingerprint density at radius 1 is 1.31 bits per heavy atom. The summed E-state index contributed by atoms with van der Waals surface area (Å²) >= 11 is 0. The van der Waals surface area contributed by atoms with E-state index < -0.39 is 10.0 Å². The monoisotopic (exact) mass is 385 g/mol. The van der Waals surface area contributed by atoms with E-state index in [0.717, 1.165) is 0 Å². The zero-order valence-corrected chi connectivity index (χ0v) is 16.3. The third-order valence-corrected chi connectivity index (χ3v) is 6.19. The number of nitrogens with one attached hydrogen (secondary N) is 1. The lowest BCUT2D eigenvalue weighted by molar-refractivity contribution is 0.114. The van der Waals surface area contributed by atoms with E-state index in [1.165, 1.54) is 10.6 Å². The molecule has 10 heteroatoms. The van der Waals surface area contributed by atoms with Gasteiger partial charge in [-0.25, -0.2) is 17.5 Å². The maximum absolute atomic E-state index is 11.9. The second-order valence-corrected chi connectivity index (χ2v) is 9.54. The number of sulfonamides is 1. The van der Waals surface area contributed by atoms with Crippen molar-refractivity contribution in [1.82, 2.24) is 24.7 Å². The van der Waals surface area contributed by atoms with Gasteiger partial charge in [-0.1, -0.05) is 5.16 Å². The lowest BCUT2D eigenvalue weighted by Crippen LogP contribution is -2.55. The van der Waals surface area contributed by atoms with Gasteiger partial charge < -0.3 is 14.7 Å². The van der Waals surface area contributed by atoms with Gasteiger partial charge in [0.25, 0.3) is 0 Å². The summed E-state index contributed by atoms with van der Waals surface area (Å²) in [5, 5.41) is 6.96. The molecule has 2 aliphatic rings. The predicted octanol–water partition coefficient (Wildman–Crippen LogP) is 0.801. The van der Waals surface area contributed by atoms with Gasteiger partial charge in [0.05, 0.1) is 6.26 Å². The minimum Gasteiger partial charge on any atom is -0.339 e. The molecule has 3 heterocycles. The number of hydrogen-bond acceptors (Lipinski definition) is 6. The van der Waals surface area contributed by atoms with Gasteiger partial charge in [-0.15, -0.1) is 0 Å². The van der Waals surface area contributed by atoms with Crippen molar-refractivity contribution in [1.29, 1.82) is 0 Å². The molecule has 26 heavy (non-hydrogen) atoms. The van der Waals surface area contributed by atoms with Crippen LogP contribution in [0.25, 0.3) is 0 Å². The van der Waals surface area contributed by atoms with Gasteiger partial charge >= 0.3 is 6.03 Å². The SMILES string of the molecule is CC(C)NC(=O)N1CC(Cc2nc(C3CCN(S(C)(=O)=O)CC3)no2)C1. The molecule has 2 aliphatic heterocycles. The Hall–Kier alpha value is -1.68. The Bertz CT molecular complexity index is 734. The Morgan fingerprint density at radius 3 is 2.54 bits per heavy atom. The van der Waals surface area contributed by atoms with Gasteiger partial charge in [0, 0.05) is 50.5 Å².